The Balaban J connectivity index is 1.77. The highest BCUT2D eigenvalue weighted by atomic mass is 16.4. The van der Waals surface area contributed by atoms with Crippen LogP contribution in [0.3, 0.4) is 0 Å². The van der Waals surface area contributed by atoms with Crippen molar-refractivity contribution in [2.24, 2.45) is 11.5 Å². The van der Waals surface area contributed by atoms with E-state index in [0.717, 1.165) is 13.8 Å². The maximum atomic E-state index is 14.1. The first-order chi connectivity index (χ1) is 41.1. The number of nitrogens with zero attached hydrogens (tertiary/aromatic N) is 1. The van der Waals surface area contributed by atoms with Crippen molar-refractivity contribution in [3.63, 3.8) is 0 Å². The summed E-state index contributed by atoms with van der Waals surface area (Å²) < 4.78 is 0. The predicted octanol–water partition coefficient (Wildman–Crippen LogP) is -9.49. The van der Waals surface area contributed by atoms with Crippen LogP contribution in [-0.2, 0) is 81.6 Å². The molecule has 0 saturated carbocycles. The molecule has 87 heavy (non-hydrogen) atoms. The van der Waals surface area contributed by atoms with Crippen LogP contribution < -0.4 is 64.6 Å². The molecule has 1 aromatic heterocycles. The lowest BCUT2D eigenvalue weighted by Gasteiger charge is -2.28. The number of aliphatic hydroxyl groups excluding tert-OH is 5. The van der Waals surface area contributed by atoms with Gasteiger partial charge < -0.3 is 110 Å². The molecule has 476 valence electrons. The Labute approximate surface area is 494 Å². The summed E-state index contributed by atoms with van der Waals surface area (Å²) in [4.78, 5) is 176. The standard InChI is InChI=1S/C52H72N14O21/c1-24(70)41(65-39(74)19-56-44(78)31(12-13-38(54)73)58-48(82)35(20-67)62-43(77)30(53)16-28-18-55-23-57-28)50(84)61-33(14-26-6-4-3-5-7-26)47(81)66-42(25(2)71)51(85)63-36(21-68)49(83)60-34(17-40(75)76)46(80)59-32(15-27-8-10-29(72)11-9-27)45(79)64-37(22-69)52(86)87/h3-11,18,23-25,30-37,41-42,67-72H,12-17,19-22,53H2,1-2H3,(H2,54,73)(H,55,57)(H,56,78)(H,58,82)(H,59,80)(H,60,83)(H,61,84)(H,62,77)(H,63,85)(H,64,79)(H,65,74)(H,66,81)(H,75,76)(H,86,87)/t24-,25-,30+,31+,32+,33+,34+,35+,36+,37+,41+,42+/m1/s1. The Morgan fingerprint density at radius 1 is 0.529 bits per heavy atom. The second-order valence-corrected chi connectivity index (χ2v) is 19.6. The summed E-state index contributed by atoms with van der Waals surface area (Å²) >= 11 is 0. The number of phenols is 1. The Hall–Kier alpha value is -9.68. The lowest BCUT2D eigenvalue weighted by Crippen LogP contribution is -2.63. The third-order valence-electron chi connectivity index (χ3n) is 12.6. The molecule has 35 nitrogen and oxygen atoms in total. The molecule has 0 radical (unpaired) electrons. The molecule has 0 bridgehead atoms. The summed E-state index contributed by atoms with van der Waals surface area (Å²) in [5.41, 5.74) is 12.3. The van der Waals surface area contributed by atoms with E-state index in [9.17, 15) is 103 Å². The number of nitrogens with two attached hydrogens (primary N) is 2. The van der Waals surface area contributed by atoms with E-state index < -0.39 is 202 Å². The summed E-state index contributed by atoms with van der Waals surface area (Å²) in [6, 6.07) is -4.98. The Bertz CT molecular complexity index is 2860. The van der Waals surface area contributed by atoms with Crippen molar-refractivity contribution in [2.45, 2.75) is 125 Å². The molecule has 3 aromatic rings. The van der Waals surface area contributed by atoms with Crippen LogP contribution in [0.15, 0.2) is 67.1 Å². The molecule has 0 aliphatic rings. The number of carbonyl (C=O) groups excluding carboxylic acids is 11. The lowest BCUT2D eigenvalue weighted by atomic mass is 10.0. The number of carbonyl (C=O) groups is 13. The minimum Gasteiger partial charge on any atom is -0.508 e. The van der Waals surface area contributed by atoms with E-state index in [1.807, 2.05) is 10.6 Å². The average molecular weight is 1230 g/mol. The second-order valence-electron chi connectivity index (χ2n) is 19.6. The van der Waals surface area contributed by atoms with Crippen molar-refractivity contribution in [1.29, 1.82) is 0 Å². The van der Waals surface area contributed by atoms with Gasteiger partial charge >= 0.3 is 11.9 Å². The van der Waals surface area contributed by atoms with E-state index in [0.29, 0.717) is 11.3 Å². The quantitative estimate of drug-likeness (QED) is 0.0255. The zero-order chi connectivity index (χ0) is 65.1. The molecule has 2 aromatic carbocycles. The molecule has 12 atom stereocenters. The highest BCUT2D eigenvalue weighted by molar-refractivity contribution is 5.99. The van der Waals surface area contributed by atoms with Crippen LogP contribution in [0.5, 0.6) is 5.75 Å². The summed E-state index contributed by atoms with van der Waals surface area (Å²) in [7, 11) is 0. The average Bonchev–Trinajstić information content (AvgIpc) is 3.65. The Morgan fingerprint density at radius 3 is 1.47 bits per heavy atom. The van der Waals surface area contributed by atoms with Crippen LogP contribution in [-0.4, -0.2) is 227 Å². The molecule has 23 N–H and O–H groups in total. The Kier molecular flexibility index (Phi) is 29.3. The molecular formula is C52H72N14O21. The van der Waals surface area contributed by atoms with Crippen molar-refractivity contribution in [2.75, 3.05) is 26.4 Å². The molecule has 0 spiro atoms. The second kappa shape index (κ2) is 35.6. The largest absolute Gasteiger partial charge is 0.508 e. The van der Waals surface area contributed by atoms with Gasteiger partial charge in [0, 0.05) is 37.6 Å². The molecule has 0 saturated heterocycles. The van der Waals surface area contributed by atoms with Crippen LogP contribution in [0.4, 0.5) is 0 Å². The number of H-pyrrole nitrogens is 1. The number of nitrogens with one attached hydrogen (secondary N) is 11. The van der Waals surface area contributed by atoms with Gasteiger partial charge in [-0.05, 0) is 43.5 Å². The van der Waals surface area contributed by atoms with Crippen molar-refractivity contribution in [1.82, 2.24) is 63.1 Å². The highest BCUT2D eigenvalue weighted by Crippen LogP contribution is 2.13. The minimum atomic E-state index is -2.08. The number of aromatic hydroxyl groups is 1. The van der Waals surface area contributed by atoms with Crippen LogP contribution in [0.2, 0.25) is 0 Å². The molecule has 35 heteroatoms. The minimum absolute atomic E-state index is 0.0324. The van der Waals surface area contributed by atoms with Crippen molar-refractivity contribution in [3.05, 3.63) is 83.9 Å². The molecule has 0 aliphatic carbocycles. The maximum Gasteiger partial charge on any atom is 0.328 e. The Morgan fingerprint density at radius 2 is 0.977 bits per heavy atom. The number of aromatic amines is 1. The fourth-order valence-electron chi connectivity index (χ4n) is 7.85. The number of carboxylic acid groups (broad SMARTS) is 2. The first-order valence-electron chi connectivity index (χ1n) is 26.5. The van der Waals surface area contributed by atoms with E-state index in [1.54, 1.807) is 18.2 Å². The highest BCUT2D eigenvalue weighted by Gasteiger charge is 2.37. The lowest BCUT2D eigenvalue weighted by molar-refractivity contribution is -0.144. The molecule has 0 aliphatic heterocycles. The molecule has 0 unspecified atom stereocenters. The monoisotopic (exact) mass is 1230 g/mol. The number of imidazole rings is 1. The van der Waals surface area contributed by atoms with Crippen LogP contribution in [0.25, 0.3) is 0 Å². The molecule has 1 heterocycles. The number of benzene rings is 2. The number of aromatic nitrogens is 2. The predicted molar refractivity (Wildman–Crippen MR) is 296 cm³/mol. The van der Waals surface area contributed by atoms with E-state index in [4.69, 9.17) is 11.5 Å². The first-order valence-corrected chi connectivity index (χ1v) is 26.5. The summed E-state index contributed by atoms with van der Waals surface area (Å²) in [5.74, 6) is -16.5. The van der Waals surface area contributed by atoms with Gasteiger partial charge in [-0.1, -0.05) is 42.5 Å². The van der Waals surface area contributed by atoms with Crippen molar-refractivity contribution >= 4 is 76.9 Å². The van der Waals surface area contributed by atoms with Gasteiger partial charge in [0.2, 0.25) is 65.0 Å². The van der Waals surface area contributed by atoms with Gasteiger partial charge in [-0.25, -0.2) is 9.78 Å². The molecular weight excluding hydrogens is 1160 g/mol. The normalized spacial score (nSPS) is 15.1. The number of aliphatic carboxylic acids is 2. The van der Waals surface area contributed by atoms with Crippen molar-refractivity contribution < 1.29 is 103 Å². The fourth-order valence-corrected chi connectivity index (χ4v) is 7.85. The molecule has 11 amide bonds. The third kappa shape index (κ3) is 24.4. The number of amides is 11. The summed E-state index contributed by atoms with van der Waals surface area (Å²) in [5, 5.41) is 101. The van der Waals surface area contributed by atoms with Gasteiger partial charge in [0.15, 0.2) is 0 Å². The van der Waals surface area contributed by atoms with Gasteiger partial charge in [0.05, 0.1) is 57.4 Å². The van der Waals surface area contributed by atoms with E-state index in [-0.39, 0.29) is 24.2 Å². The van der Waals surface area contributed by atoms with Crippen molar-refractivity contribution in [3.8, 4) is 5.75 Å². The van der Waals surface area contributed by atoms with Crippen LogP contribution >= 0.6 is 0 Å². The first kappa shape index (κ1) is 71.6. The number of aliphatic hydroxyl groups is 5. The van der Waals surface area contributed by atoms with Crippen LogP contribution in [0.1, 0.15) is 49.9 Å². The third-order valence-corrected chi connectivity index (χ3v) is 12.6. The number of phenolic OH excluding ortho intramolecular Hbond substituents is 1. The SMILES string of the molecule is C[C@@H](O)[C@H](NC(=O)CNC(=O)[C@H](CCC(N)=O)NC(=O)[C@H](CO)NC(=O)[C@@H](N)Cc1cnc[nH]1)C(=O)N[C@@H](Cc1ccccc1)C(=O)N[C@H](C(=O)N[C@@H](CO)C(=O)N[C@@H](CC(=O)O)C(=O)N[C@@H](Cc1ccc(O)cc1)C(=O)N[C@@H](CO)C(=O)O)[C@@H](C)O. The van der Waals surface area contributed by atoms with Gasteiger partial charge in [0.25, 0.3) is 0 Å². The van der Waals surface area contributed by atoms with Gasteiger partial charge in [-0.2, -0.15) is 0 Å². The number of rotatable bonds is 37. The zero-order valence-electron chi connectivity index (χ0n) is 46.8. The van der Waals surface area contributed by atoms with E-state index in [2.05, 4.69) is 52.5 Å². The molecule has 3 rings (SSSR count). The molecule has 0 fully saturated rings. The fraction of sp³-hybridized carbons (Fsp3) is 0.462. The number of hydrogen-bond donors (Lipinski definition) is 21. The summed E-state index contributed by atoms with van der Waals surface area (Å²) in [6.45, 7) is -2.20. The smallest absolute Gasteiger partial charge is 0.328 e. The number of carboxylic acids is 2. The number of hydrogen-bond acceptors (Lipinski definition) is 21. The van der Waals surface area contributed by atoms with Gasteiger partial charge in [-0.15, -0.1) is 0 Å². The maximum absolute atomic E-state index is 14.1. The van der Waals surface area contributed by atoms with Gasteiger partial charge in [0.1, 0.15) is 60.1 Å². The zero-order valence-corrected chi connectivity index (χ0v) is 46.8. The van der Waals surface area contributed by atoms with Gasteiger partial charge in [-0.3, -0.25) is 57.5 Å². The topological polar surface area (TPSA) is 585 Å². The summed E-state index contributed by atoms with van der Waals surface area (Å²) in [6.07, 6.45) is -3.75. The van der Waals surface area contributed by atoms with E-state index >= 15 is 0 Å². The van der Waals surface area contributed by atoms with E-state index in [1.165, 1.54) is 48.9 Å². The number of primary amides is 1. The van der Waals surface area contributed by atoms with Crippen LogP contribution in [0, 0.1) is 0 Å².